The number of nitrogens with zero attached hydrogens (tertiary/aromatic N) is 2. The molecule has 6 heteroatoms. The molecule has 0 spiro atoms. The standard InChI is InChI=1S/C14H17F2N3O/c1-3-10(17-4-2)8-13-18-14(19-20-13)9-5-6-11(15)12(16)7-9/h5-7,10,17H,3-4,8H2,1-2H3. The number of aromatic nitrogens is 2. The van der Waals surface area contributed by atoms with Gasteiger partial charge in [0.1, 0.15) is 0 Å². The van der Waals surface area contributed by atoms with Crippen molar-refractivity contribution in [3.63, 3.8) is 0 Å². The summed E-state index contributed by atoms with van der Waals surface area (Å²) in [6, 6.07) is 3.80. The molecule has 108 valence electrons. The maximum absolute atomic E-state index is 13.2. The van der Waals surface area contributed by atoms with Crippen LogP contribution < -0.4 is 5.32 Å². The van der Waals surface area contributed by atoms with Crippen LogP contribution in [0.1, 0.15) is 26.2 Å². The smallest absolute Gasteiger partial charge is 0.228 e. The van der Waals surface area contributed by atoms with Crippen LogP contribution in [-0.2, 0) is 6.42 Å². The van der Waals surface area contributed by atoms with E-state index in [1.807, 2.05) is 6.92 Å². The lowest BCUT2D eigenvalue weighted by molar-refractivity contribution is 0.355. The lowest BCUT2D eigenvalue weighted by Crippen LogP contribution is -2.30. The van der Waals surface area contributed by atoms with E-state index in [0.29, 0.717) is 17.9 Å². The molecule has 0 aliphatic rings. The van der Waals surface area contributed by atoms with Gasteiger partial charge in [-0.2, -0.15) is 4.98 Å². The average Bonchev–Trinajstić information content (AvgIpc) is 2.90. The first-order valence-corrected chi connectivity index (χ1v) is 6.65. The molecule has 1 aromatic carbocycles. The monoisotopic (exact) mass is 281 g/mol. The third-order valence-corrected chi connectivity index (χ3v) is 3.05. The quantitative estimate of drug-likeness (QED) is 0.884. The molecular weight excluding hydrogens is 264 g/mol. The van der Waals surface area contributed by atoms with Gasteiger partial charge in [0.15, 0.2) is 11.6 Å². The van der Waals surface area contributed by atoms with E-state index in [9.17, 15) is 8.78 Å². The van der Waals surface area contributed by atoms with Crippen LogP contribution in [0.25, 0.3) is 11.4 Å². The molecule has 1 unspecified atom stereocenters. The number of hydrogen-bond donors (Lipinski definition) is 1. The fourth-order valence-corrected chi connectivity index (χ4v) is 1.95. The molecule has 0 aliphatic carbocycles. The number of rotatable bonds is 6. The second kappa shape index (κ2) is 6.56. The summed E-state index contributed by atoms with van der Waals surface area (Å²) >= 11 is 0. The van der Waals surface area contributed by atoms with E-state index in [0.717, 1.165) is 25.1 Å². The van der Waals surface area contributed by atoms with Gasteiger partial charge in [-0.05, 0) is 31.2 Å². The number of likely N-dealkylation sites (N-methyl/N-ethyl adjacent to an activating group) is 1. The van der Waals surface area contributed by atoms with Crippen LogP contribution in [0.2, 0.25) is 0 Å². The van der Waals surface area contributed by atoms with E-state index < -0.39 is 11.6 Å². The average molecular weight is 281 g/mol. The molecule has 4 nitrogen and oxygen atoms in total. The first kappa shape index (κ1) is 14.6. The Hall–Kier alpha value is -1.82. The molecule has 0 saturated carbocycles. The highest BCUT2D eigenvalue weighted by Gasteiger charge is 2.14. The summed E-state index contributed by atoms with van der Waals surface area (Å²) in [6.07, 6.45) is 1.55. The molecule has 20 heavy (non-hydrogen) atoms. The Morgan fingerprint density at radius 2 is 2.05 bits per heavy atom. The molecular formula is C14H17F2N3O. The predicted molar refractivity (Wildman–Crippen MR) is 71.1 cm³/mol. The lowest BCUT2D eigenvalue weighted by Gasteiger charge is -2.12. The van der Waals surface area contributed by atoms with Gasteiger partial charge in [-0.3, -0.25) is 0 Å². The summed E-state index contributed by atoms with van der Waals surface area (Å²) in [4.78, 5) is 4.21. The second-order valence-electron chi connectivity index (χ2n) is 4.51. The Kier molecular flexibility index (Phi) is 4.79. The lowest BCUT2D eigenvalue weighted by atomic mass is 10.1. The maximum Gasteiger partial charge on any atom is 0.228 e. The molecule has 1 N–H and O–H groups in total. The van der Waals surface area contributed by atoms with Crippen molar-refractivity contribution >= 4 is 0 Å². The van der Waals surface area contributed by atoms with Crippen LogP contribution in [0.5, 0.6) is 0 Å². The highest BCUT2D eigenvalue weighted by Crippen LogP contribution is 2.19. The van der Waals surface area contributed by atoms with E-state index in [1.165, 1.54) is 6.07 Å². The van der Waals surface area contributed by atoms with E-state index in [4.69, 9.17) is 4.52 Å². The third kappa shape index (κ3) is 3.39. The number of halogens is 2. The summed E-state index contributed by atoms with van der Waals surface area (Å²) in [5.74, 6) is -1.06. The van der Waals surface area contributed by atoms with E-state index in [1.54, 1.807) is 0 Å². The zero-order chi connectivity index (χ0) is 14.5. The van der Waals surface area contributed by atoms with Crippen molar-refractivity contribution in [2.24, 2.45) is 0 Å². The van der Waals surface area contributed by atoms with Crippen molar-refractivity contribution in [3.05, 3.63) is 35.7 Å². The number of hydrogen-bond acceptors (Lipinski definition) is 4. The van der Waals surface area contributed by atoms with Crippen molar-refractivity contribution in [1.29, 1.82) is 0 Å². The van der Waals surface area contributed by atoms with Crippen LogP contribution in [0.4, 0.5) is 8.78 Å². The highest BCUT2D eigenvalue weighted by molar-refractivity contribution is 5.54. The minimum Gasteiger partial charge on any atom is -0.339 e. The molecule has 0 amide bonds. The van der Waals surface area contributed by atoms with E-state index in [-0.39, 0.29) is 11.9 Å². The van der Waals surface area contributed by atoms with Crippen LogP contribution in [0, 0.1) is 11.6 Å². The molecule has 1 atom stereocenters. The van der Waals surface area contributed by atoms with Crippen molar-refractivity contribution in [2.45, 2.75) is 32.7 Å². The zero-order valence-corrected chi connectivity index (χ0v) is 11.5. The summed E-state index contributed by atoms with van der Waals surface area (Å²) < 4.78 is 31.2. The Morgan fingerprint density at radius 3 is 2.70 bits per heavy atom. The molecule has 0 saturated heterocycles. The van der Waals surface area contributed by atoms with Gasteiger partial charge in [0.25, 0.3) is 0 Å². The van der Waals surface area contributed by atoms with Crippen LogP contribution >= 0.6 is 0 Å². The molecule has 0 radical (unpaired) electrons. The van der Waals surface area contributed by atoms with E-state index in [2.05, 4.69) is 22.4 Å². The molecule has 2 rings (SSSR count). The number of nitrogens with one attached hydrogen (secondary N) is 1. The van der Waals surface area contributed by atoms with Crippen molar-refractivity contribution < 1.29 is 13.3 Å². The van der Waals surface area contributed by atoms with Crippen molar-refractivity contribution in [2.75, 3.05) is 6.54 Å². The predicted octanol–water partition coefficient (Wildman–Crippen LogP) is 2.95. The Labute approximate surface area is 116 Å². The second-order valence-corrected chi connectivity index (χ2v) is 4.51. The topological polar surface area (TPSA) is 51.0 Å². The minimum absolute atomic E-state index is 0.262. The van der Waals surface area contributed by atoms with Gasteiger partial charge in [0.05, 0.1) is 0 Å². The minimum atomic E-state index is -0.923. The fourth-order valence-electron chi connectivity index (χ4n) is 1.95. The van der Waals surface area contributed by atoms with Crippen molar-refractivity contribution in [1.82, 2.24) is 15.5 Å². The van der Waals surface area contributed by atoms with Crippen LogP contribution in [0.15, 0.2) is 22.7 Å². The number of benzene rings is 1. The van der Waals surface area contributed by atoms with Gasteiger partial charge in [-0.1, -0.05) is 19.0 Å². The first-order valence-electron chi connectivity index (χ1n) is 6.65. The molecule has 1 aromatic heterocycles. The summed E-state index contributed by atoms with van der Waals surface area (Å²) in [6.45, 7) is 4.96. The summed E-state index contributed by atoms with van der Waals surface area (Å²) in [5.41, 5.74) is 0.399. The van der Waals surface area contributed by atoms with Crippen LogP contribution in [-0.4, -0.2) is 22.7 Å². The fraction of sp³-hybridized carbons (Fsp3) is 0.429. The molecule has 0 aliphatic heterocycles. The van der Waals surface area contributed by atoms with Crippen LogP contribution in [0.3, 0.4) is 0 Å². The zero-order valence-electron chi connectivity index (χ0n) is 11.5. The molecule has 0 fully saturated rings. The van der Waals surface area contributed by atoms with Gasteiger partial charge in [-0.15, -0.1) is 0 Å². The first-order chi connectivity index (χ1) is 9.63. The normalized spacial score (nSPS) is 12.6. The summed E-state index contributed by atoms with van der Waals surface area (Å²) in [7, 11) is 0. The van der Waals surface area contributed by atoms with Gasteiger partial charge in [-0.25, -0.2) is 8.78 Å². The SMILES string of the molecule is CCNC(CC)Cc1nc(-c2ccc(F)c(F)c2)no1. The largest absolute Gasteiger partial charge is 0.339 e. The van der Waals surface area contributed by atoms with Gasteiger partial charge in [0, 0.05) is 18.0 Å². The summed E-state index contributed by atoms with van der Waals surface area (Å²) in [5, 5.41) is 7.11. The van der Waals surface area contributed by atoms with E-state index >= 15 is 0 Å². The molecule has 2 aromatic rings. The Bertz CT molecular complexity index is 571. The van der Waals surface area contributed by atoms with Gasteiger partial charge < -0.3 is 9.84 Å². The van der Waals surface area contributed by atoms with Crippen molar-refractivity contribution in [3.8, 4) is 11.4 Å². The Balaban J connectivity index is 2.13. The third-order valence-electron chi connectivity index (χ3n) is 3.05. The van der Waals surface area contributed by atoms with Gasteiger partial charge >= 0.3 is 0 Å². The molecule has 1 heterocycles. The highest BCUT2D eigenvalue weighted by atomic mass is 19.2. The maximum atomic E-state index is 13.2. The Morgan fingerprint density at radius 1 is 1.25 bits per heavy atom. The van der Waals surface area contributed by atoms with Gasteiger partial charge in [0.2, 0.25) is 11.7 Å². The molecule has 0 bridgehead atoms.